The van der Waals surface area contributed by atoms with E-state index in [1.807, 2.05) is 4.90 Å². The smallest absolute Gasteiger partial charge is 0.387 e. The molecule has 1 aromatic carbocycles. The molecule has 1 saturated heterocycles. The number of hydrogen-bond acceptors (Lipinski definition) is 3. The van der Waals surface area contributed by atoms with Crippen LogP contribution < -0.4 is 4.74 Å². The molecule has 1 aliphatic heterocycles. The molecule has 0 radical (unpaired) electrons. The highest BCUT2D eigenvalue weighted by molar-refractivity contribution is 5.95. The molecule has 30 heavy (non-hydrogen) atoms. The summed E-state index contributed by atoms with van der Waals surface area (Å²) in [6.07, 6.45) is 7.07. The maximum atomic E-state index is 13.5. The number of nitrogens with zero attached hydrogens (tertiary/aromatic N) is 2. The van der Waals surface area contributed by atoms with E-state index < -0.39 is 6.61 Å². The van der Waals surface area contributed by atoms with Gasteiger partial charge in [0.25, 0.3) is 5.91 Å². The van der Waals surface area contributed by atoms with Gasteiger partial charge in [0.1, 0.15) is 5.75 Å². The molecule has 7 heteroatoms. The molecule has 6 rings (SSSR count). The van der Waals surface area contributed by atoms with E-state index in [-0.39, 0.29) is 17.1 Å². The second-order valence-corrected chi connectivity index (χ2v) is 9.69. The number of carbonyl (C=O) groups is 2. The fraction of sp³-hybridized carbons (Fsp3) is 0.652. The van der Waals surface area contributed by atoms with E-state index in [0.29, 0.717) is 37.6 Å². The maximum Gasteiger partial charge on any atom is 0.387 e. The van der Waals surface area contributed by atoms with Gasteiger partial charge in [0.05, 0.1) is 5.41 Å². The molecule has 0 aromatic heterocycles. The molecular formula is C23H28F2N2O3. The number of ether oxygens (including phenoxy) is 1. The van der Waals surface area contributed by atoms with Crippen LogP contribution in [0.3, 0.4) is 0 Å². The van der Waals surface area contributed by atoms with Gasteiger partial charge in [-0.05, 0) is 74.5 Å². The van der Waals surface area contributed by atoms with E-state index in [9.17, 15) is 18.4 Å². The van der Waals surface area contributed by atoms with Crippen molar-refractivity contribution >= 4 is 11.8 Å². The van der Waals surface area contributed by atoms with Crippen LogP contribution in [0.2, 0.25) is 0 Å². The summed E-state index contributed by atoms with van der Waals surface area (Å²) < 4.78 is 29.3. The van der Waals surface area contributed by atoms with Gasteiger partial charge < -0.3 is 14.5 Å². The number of carbonyl (C=O) groups excluding carboxylic acids is 2. The van der Waals surface area contributed by atoms with E-state index >= 15 is 0 Å². The van der Waals surface area contributed by atoms with Gasteiger partial charge in [-0.25, -0.2) is 0 Å². The van der Waals surface area contributed by atoms with Crippen LogP contribution in [-0.4, -0.2) is 54.4 Å². The Kier molecular flexibility index (Phi) is 4.94. The highest BCUT2D eigenvalue weighted by atomic mass is 19.3. The molecule has 1 heterocycles. The van der Waals surface area contributed by atoms with Gasteiger partial charge in [0.2, 0.25) is 5.91 Å². The fourth-order valence-corrected chi connectivity index (χ4v) is 6.81. The van der Waals surface area contributed by atoms with E-state index in [1.54, 1.807) is 11.0 Å². The zero-order chi connectivity index (χ0) is 20.9. The normalized spacial score (nSPS) is 32.6. The second-order valence-electron chi connectivity index (χ2n) is 9.69. The van der Waals surface area contributed by atoms with Crippen molar-refractivity contribution < 1.29 is 23.1 Å². The summed E-state index contributed by atoms with van der Waals surface area (Å²) in [6.45, 7) is -0.901. The standard InChI is InChI=1S/C23H28F2N2O3/c24-22(25)30-19-3-1-2-18(11-19)20(28)26-4-6-27(7-5-26)21(29)23-12-15-8-16(13-23)10-17(9-15)14-23/h1-3,11,15-17,22H,4-10,12-14H2. The van der Waals surface area contributed by atoms with Crippen molar-refractivity contribution in [3.63, 3.8) is 0 Å². The molecule has 4 bridgehead atoms. The predicted octanol–water partition coefficient (Wildman–Crippen LogP) is 3.79. The summed E-state index contributed by atoms with van der Waals surface area (Å²) in [7, 11) is 0. The van der Waals surface area contributed by atoms with Crippen LogP contribution in [-0.2, 0) is 4.79 Å². The highest BCUT2D eigenvalue weighted by Gasteiger charge is 2.55. The Morgan fingerprint density at radius 3 is 2.07 bits per heavy atom. The van der Waals surface area contributed by atoms with Crippen molar-refractivity contribution in [3.8, 4) is 5.75 Å². The van der Waals surface area contributed by atoms with Gasteiger partial charge in [-0.15, -0.1) is 0 Å². The lowest BCUT2D eigenvalue weighted by Crippen LogP contribution is -2.58. The molecular weight excluding hydrogens is 390 g/mol. The largest absolute Gasteiger partial charge is 0.435 e. The first-order valence-electron chi connectivity index (χ1n) is 11.1. The average molecular weight is 418 g/mol. The third kappa shape index (κ3) is 3.56. The topological polar surface area (TPSA) is 49.9 Å². The fourth-order valence-electron chi connectivity index (χ4n) is 6.81. The third-order valence-electron chi connectivity index (χ3n) is 7.65. The van der Waals surface area contributed by atoms with Gasteiger partial charge in [-0.3, -0.25) is 9.59 Å². The van der Waals surface area contributed by atoms with Crippen LogP contribution in [0.25, 0.3) is 0 Å². The number of alkyl halides is 2. The molecule has 4 aliphatic carbocycles. The van der Waals surface area contributed by atoms with Crippen LogP contribution in [0.1, 0.15) is 48.9 Å². The lowest BCUT2D eigenvalue weighted by Gasteiger charge is -2.57. The minimum absolute atomic E-state index is 0.0218. The van der Waals surface area contributed by atoms with Crippen molar-refractivity contribution in [3.05, 3.63) is 29.8 Å². The minimum atomic E-state index is -2.92. The van der Waals surface area contributed by atoms with Crippen molar-refractivity contribution in [1.82, 2.24) is 9.80 Å². The summed E-state index contributed by atoms with van der Waals surface area (Å²) in [5.41, 5.74) is 0.177. The van der Waals surface area contributed by atoms with Gasteiger partial charge in [-0.1, -0.05) is 6.07 Å². The van der Waals surface area contributed by atoms with Crippen LogP contribution in [0.4, 0.5) is 8.78 Å². The molecule has 5 fully saturated rings. The lowest BCUT2D eigenvalue weighted by molar-refractivity contribution is -0.159. The van der Waals surface area contributed by atoms with Crippen molar-refractivity contribution in [2.45, 2.75) is 45.1 Å². The zero-order valence-corrected chi connectivity index (χ0v) is 17.1. The molecule has 2 amide bonds. The molecule has 162 valence electrons. The Morgan fingerprint density at radius 1 is 0.933 bits per heavy atom. The summed E-state index contributed by atoms with van der Waals surface area (Å²) in [6, 6.07) is 5.90. The SMILES string of the molecule is O=C(c1cccc(OC(F)F)c1)N1CCN(C(=O)C23CC4CC(CC(C4)C2)C3)CC1. The first kappa shape index (κ1) is 19.8. The zero-order valence-electron chi connectivity index (χ0n) is 17.1. The van der Waals surface area contributed by atoms with Crippen LogP contribution in [0.5, 0.6) is 5.75 Å². The number of hydrogen-bond donors (Lipinski definition) is 0. The number of benzene rings is 1. The lowest BCUT2D eigenvalue weighted by atomic mass is 9.49. The summed E-state index contributed by atoms with van der Waals surface area (Å²) >= 11 is 0. The molecule has 5 aliphatic rings. The van der Waals surface area contributed by atoms with Crippen LogP contribution in [0, 0.1) is 23.2 Å². The number of rotatable bonds is 4. The van der Waals surface area contributed by atoms with E-state index in [0.717, 1.165) is 37.0 Å². The second kappa shape index (κ2) is 7.50. The predicted molar refractivity (Wildman–Crippen MR) is 106 cm³/mol. The highest BCUT2D eigenvalue weighted by Crippen LogP contribution is 2.60. The Hall–Kier alpha value is -2.18. The van der Waals surface area contributed by atoms with Crippen LogP contribution >= 0.6 is 0 Å². The minimum Gasteiger partial charge on any atom is -0.435 e. The molecule has 1 aromatic rings. The first-order valence-corrected chi connectivity index (χ1v) is 11.1. The van der Waals surface area contributed by atoms with Crippen molar-refractivity contribution in [2.24, 2.45) is 23.2 Å². The van der Waals surface area contributed by atoms with Gasteiger partial charge in [-0.2, -0.15) is 8.78 Å². The molecule has 0 unspecified atom stereocenters. The third-order valence-corrected chi connectivity index (χ3v) is 7.65. The van der Waals surface area contributed by atoms with Crippen molar-refractivity contribution in [2.75, 3.05) is 26.2 Å². The molecule has 4 saturated carbocycles. The monoisotopic (exact) mass is 418 g/mol. The molecule has 0 atom stereocenters. The number of amides is 2. The summed E-state index contributed by atoms with van der Waals surface area (Å²) in [5.74, 6) is 2.26. The van der Waals surface area contributed by atoms with E-state index in [2.05, 4.69) is 4.74 Å². The molecule has 0 spiro atoms. The Balaban J connectivity index is 1.21. The summed E-state index contributed by atoms with van der Waals surface area (Å²) in [5, 5.41) is 0. The van der Waals surface area contributed by atoms with E-state index in [1.165, 1.54) is 37.5 Å². The van der Waals surface area contributed by atoms with Gasteiger partial charge in [0.15, 0.2) is 0 Å². The Morgan fingerprint density at radius 2 is 1.50 bits per heavy atom. The molecule has 5 nitrogen and oxygen atoms in total. The first-order chi connectivity index (χ1) is 14.4. The number of halogens is 2. The quantitative estimate of drug-likeness (QED) is 0.748. The average Bonchev–Trinajstić information content (AvgIpc) is 2.71. The van der Waals surface area contributed by atoms with Crippen LogP contribution in [0.15, 0.2) is 24.3 Å². The van der Waals surface area contributed by atoms with Gasteiger partial charge >= 0.3 is 6.61 Å². The Labute approximate surface area is 175 Å². The summed E-state index contributed by atoms with van der Waals surface area (Å²) in [4.78, 5) is 30.0. The maximum absolute atomic E-state index is 13.5. The number of piperazine rings is 1. The van der Waals surface area contributed by atoms with Gasteiger partial charge in [0, 0.05) is 31.7 Å². The van der Waals surface area contributed by atoms with Crippen molar-refractivity contribution in [1.29, 1.82) is 0 Å². The van der Waals surface area contributed by atoms with E-state index in [4.69, 9.17) is 0 Å². The molecule has 0 N–H and O–H groups in total. The Bertz CT molecular complexity index is 800.